The first-order valence-corrected chi connectivity index (χ1v) is 6.97. The van der Waals surface area contributed by atoms with Crippen LogP contribution in [0.1, 0.15) is 19.3 Å². The summed E-state index contributed by atoms with van der Waals surface area (Å²) < 4.78 is 0. The van der Waals surface area contributed by atoms with E-state index in [0.29, 0.717) is 12.8 Å². The highest BCUT2D eigenvalue weighted by molar-refractivity contribution is 5.74. The Hall–Kier alpha value is -1.22. The maximum Gasteiger partial charge on any atom is 0.306 e. The number of hydrogen-bond donors (Lipinski definition) is 4. The summed E-state index contributed by atoms with van der Waals surface area (Å²) in [6.07, 6.45) is 0.979. The van der Waals surface area contributed by atoms with Gasteiger partial charge in [-0.3, -0.25) is 20.1 Å². The zero-order valence-corrected chi connectivity index (χ0v) is 11.4. The predicted octanol–water partition coefficient (Wildman–Crippen LogP) is 1.03. The first-order valence-electron chi connectivity index (χ1n) is 6.97. The highest BCUT2D eigenvalue weighted by Gasteiger charge is 2.53. The number of aliphatic carboxylic acids is 2. The summed E-state index contributed by atoms with van der Waals surface area (Å²) in [6.45, 7) is 0.0341. The number of fused-ring (bicyclic) bond motifs is 1. The van der Waals surface area contributed by atoms with Gasteiger partial charge in [-0.05, 0) is 42.9 Å². The largest absolute Gasteiger partial charge is 0.481 e. The second-order valence-electron chi connectivity index (χ2n) is 6.04. The van der Waals surface area contributed by atoms with Crippen LogP contribution in [-0.4, -0.2) is 45.9 Å². The number of carboxylic acids is 2. The molecule has 8 nitrogen and oxygen atoms in total. The molecule has 0 aromatic rings. The zero-order valence-electron chi connectivity index (χ0n) is 11.4. The minimum Gasteiger partial charge on any atom is -0.481 e. The minimum atomic E-state index is -1.02. The average molecular weight is 304 g/mol. The second-order valence-corrected chi connectivity index (χ2v) is 6.04. The molecule has 0 aromatic heterocycles. The molecule has 0 heterocycles. The van der Waals surface area contributed by atoms with Crippen LogP contribution < -0.4 is 0 Å². The molecule has 0 aliphatic heterocycles. The van der Waals surface area contributed by atoms with Gasteiger partial charge in [0.25, 0.3) is 0 Å². The lowest BCUT2D eigenvalue weighted by Gasteiger charge is -2.38. The molecular formula is C13H20O8. The number of rotatable bonds is 6. The summed E-state index contributed by atoms with van der Waals surface area (Å²) in [4.78, 5) is 31.1. The van der Waals surface area contributed by atoms with Crippen molar-refractivity contribution in [2.45, 2.75) is 19.3 Å². The molecule has 0 aromatic carbocycles. The molecule has 0 radical (unpaired) electrons. The van der Waals surface area contributed by atoms with Crippen LogP contribution in [0.3, 0.4) is 0 Å². The summed E-state index contributed by atoms with van der Waals surface area (Å²) in [6, 6.07) is 0. The van der Waals surface area contributed by atoms with Crippen LogP contribution in [0, 0.1) is 35.5 Å². The van der Waals surface area contributed by atoms with Crippen LogP contribution in [-0.2, 0) is 19.4 Å². The van der Waals surface area contributed by atoms with Crippen molar-refractivity contribution in [1.82, 2.24) is 0 Å². The van der Waals surface area contributed by atoms with Crippen LogP contribution >= 0.6 is 0 Å². The van der Waals surface area contributed by atoms with Gasteiger partial charge in [0.15, 0.2) is 0 Å². The Bertz CT molecular complexity index is 398. The lowest BCUT2D eigenvalue weighted by Crippen LogP contribution is -2.41. The molecule has 21 heavy (non-hydrogen) atoms. The molecule has 0 saturated heterocycles. The van der Waals surface area contributed by atoms with E-state index in [4.69, 9.17) is 10.5 Å². The highest BCUT2D eigenvalue weighted by Crippen LogP contribution is 2.53. The van der Waals surface area contributed by atoms with Crippen LogP contribution in [0.2, 0.25) is 0 Å². The molecule has 2 aliphatic carbocycles. The fourth-order valence-electron chi connectivity index (χ4n) is 4.28. The van der Waals surface area contributed by atoms with Gasteiger partial charge in [-0.25, -0.2) is 9.78 Å². The molecule has 2 rings (SSSR count). The minimum absolute atomic E-state index is 0.00458. The van der Waals surface area contributed by atoms with Crippen molar-refractivity contribution < 1.29 is 40.1 Å². The molecule has 6 unspecified atom stereocenters. The van der Waals surface area contributed by atoms with E-state index in [2.05, 4.69) is 9.78 Å². The number of carboxylic acid groups (broad SMARTS) is 2. The molecule has 0 bridgehead atoms. The normalized spacial score (nSPS) is 39.0. The van der Waals surface area contributed by atoms with Crippen LogP contribution in [0.25, 0.3) is 0 Å². The molecule has 2 saturated carbocycles. The molecular weight excluding hydrogens is 284 g/mol. The van der Waals surface area contributed by atoms with Gasteiger partial charge < -0.3 is 10.2 Å². The van der Waals surface area contributed by atoms with Gasteiger partial charge in [0, 0.05) is 0 Å². The highest BCUT2D eigenvalue weighted by atomic mass is 17.1. The summed E-state index contributed by atoms with van der Waals surface area (Å²) in [7, 11) is 0. The van der Waals surface area contributed by atoms with Gasteiger partial charge in [0.2, 0.25) is 0 Å². The monoisotopic (exact) mass is 304 g/mol. The summed E-state index contributed by atoms with van der Waals surface area (Å²) in [5.41, 5.74) is 0. The van der Waals surface area contributed by atoms with Crippen molar-refractivity contribution in [2.75, 3.05) is 13.2 Å². The van der Waals surface area contributed by atoms with Crippen molar-refractivity contribution in [3.63, 3.8) is 0 Å². The Morgan fingerprint density at radius 3 is 2.05 bits per heavy atom. The van der Waals surface area contributed by atoms with Gasteiger partial charge in [-0.15, -0.1) is 0 Å². The number of hydrogen-bond acceptors (Lipinski definition) is 6. The predicted molar refractivity (Wildman–Crippen MR) is 67.2 cm³/mol. The lowest BCUT2D eigenvalue weighted by molar-refractivity contribution is -0.256. The van der Waals surface area contributed by atoms with Gasteiger partial charge in [0.1, 0.15) is 0 Å². The topological polar surface area (TPSA) is 134 Å². The smallest absolute Gasteiger partial charge is 0.306 e. The molecule has 2 aliphatic rings. The fourth-order valence-corrected chi connectivity index (χ4v) is 4.28. The van der Waals surface area contributed by atoms with E-state index >= 15 is 0 Å². The van der Waals surface area contributed by atoms with E-state index in [9.17, 15) is 19.8 Å². The molecule has 8 heteroatoms. The Labute approximate surface area is 121 Å². The van der Waals surface area contributed by atoms with E-state index < -0.39 is 23.8 Å². The van der Waals surface area contributed by atoms with Crippen molar-refractivity contribution in [3.8, 4) is 0 Å². The van der Waals surface area contributed by atoms with Crippen molar-refractivity contribution in [3.05, 3.63) is 0 Å². The van der Waals surface area contributed by atoms with E-state index in [1.54, 1.807) is 0 Å². The van der Waals surface area contributed by atoms with Crippen LogP contribution in [0.4, 0.5) is 0 Å². The Kier molecular flexibility index (Phi) is 5.15. The average Bonchev–Trinajstić information content (AvgIpc) is 2.77. The summed E-state index contributed by atoms with van der Waals surface area (Å²) in [5, 5.41) is 36.0. The standard InChI is InChI=1S/C13H20O8/c14-12(15)6-2-9-7(4-20-18)1-8(5-21-19)11(9)10(3-6)13(16)17/h6-11,18-19H,1-5H2,(H,14,15)(H,16,17). The summed E-state index contributed by atoms with van der Waals surface area (Å²) in [5.74, 6) is -4.27. The van der Waals surface area contributed by atoms with Crippen LogP contribution in [0.15, 0.2) is 0 Å². The van der Waals surface area contributed by atoms with Gasteiger partial charge in [-0.1, -0.05) is 0 Å². The first kappa shape index (κ1) is 16.2. The lowest BCUT2D eigenvalue weighted by atomic mass is 9.65. The SMILES string of the molecule is O=C(O)C1CC(C(=O)O)C2C(COO)CC(COO)C2C1. The molecule has 6 atom stereocenters. The van der Waals surface area contributed by atoms with Crippen molar-refractivity contribution in [1.29, 1.82) is 0 Å². The molecule has 0 spiro atoms. The molecule has 4 N–H and O–H groups in total. The first-order chi connectivity index (χ1) is 9.99. The quantitative estimate of drug-likeness (QED) is 0.422. The Morgan fingerprint density at radius 1 is 0.905 bits per heavy atom. The maximum atomic E-state index is 11.5. The summed E-state index contributed by atoms with van der Waals surface area (Å²) >= 11 is 0. The maximum absolute atomic E-state index is 11.5. The van der Waals surface area contributed by atoms with Crippen molar-refractivity contribution >= 4 is 11.9 Å². The van der Waals surface area contributed by atoms with Gasteiger partial charge in [0.05, 0.1) is 25.0 Å². The number of carbonyl (C=O) groups is 2. The molecule has 120 valence electrons. The molecule has 2 fully saturated rings. The van der Waals surface area contributed by atoms with E-state index in [0.717, 1.165) is 0 Å². The fraction of sp³-hybridized carbons (Fsp3) is 0.846. The second kappa shape index (κ2) is 6.69. The van der Waals surface area contributed by atoms with Crippen molar-refractivity contribution in [2.24, 2.45) is 35.5 Å². The van der Waals surface area contributed by atoms with E-state index in [1.165, 1.54) is 0 Å². The molecule has 0 amide bonds. The van der Waals surface area contributed by atoms with E-state index in [1.807, 2.05) is 0 Å². The third kappa shape index (κ3) is 3.18. The third-order valence-corrected chi connectivity index (χ3v) is 5.05. The zero-order chi connectivity index (χ0) is 15.6. The third-order valence-electron chi connectivity index (χ3n) is 5.05. The Morgan fingerprint density at radius 2 is 1.52 bits per heavy atom. The van der Waals surface area contributed by atoms with Crippen LogP contribution in [0.5, 0.6) is 0 Å². The van der Waals surface area contributed by atoms with Gasteiger partial charge in [-0.2, -0.15) is 0 Å². The van der Waals surface area contributed by atoms with E-state index in [-0.39, 0.29) is 43.3 Å². The Balaban J connectivity index is 2.26. The van der Waals surface area contributed by atoms with Gasteiger partial charge >= 0.3 is 11.9 Å².